The number of nitrogens with one attached hydrogen (secondary N) is 1. The van der Waals surface area contributed by atoms with Crippen LogP contribution in [0.5, 0.6) is 0 Å². The van der Waals surface area contributed by atoms with Crippen LogP contribution in [0.3, 0.4) is 0 Å². The molecule has 0 aliphatic rings. The molecule has 5 heteroatoms. The van der Waals surface area contributed by atoms with Crippen LogP contribution in [0, 0.1) is 0 Å². The van der Waals surface area contributed by atoms with Crippen LogP contribution in [-0.4, -0.2) is 32.4 Å². The van der Waals surface area contributed by atoms with Crippen LogP contribution in [0.1, 0.15) is 31.4 Å². The van der Waals surface area contributed by atoms with Crippen molar-refractivity contribution in [2.45, 2.75) is 36.8 Å². The third-order valence-corrected chi connectivity index (χ3v) is 4.30. The van der Waals surface area contributed by atoms with Gasteiger partial charge in [0.05, 0.1) is 11.0 Å². The molecule has 0 heterocycles. The average Bonchev–Trinajstić information content (AvgIpc) is 2.41. The first kappa shape index (κ1) is 16.9. The molecule has 0 saturated carbocycles. The highest BCUT2D eigenvalue weighted by molar-refractivity contribution is 7.90. The molecule has 0 aromatic heterocycles. The number of rotatable bonds is 8. The van der Waals surface area contributed by atoms with E-state index in [9.17, 15) is 13.5 Å². The zero-order chi connectivity index (χ0) is 15.2. The SMILES string of the molecule is C=CCCC(O)CNC(C)c1ccc(S(C)(=O)=O)cc1. The zero-order valence-electron chi connectivity index (χ0n) is 12.0. The van der Waals surface area contributed by atoms with Crippen LogP contribution in [0.2, 0.25) is 0 Å². The van der Waals surface area contributed by atoms with Crippen LogP contribution in [0.15, 0.2) is 41.8 Å². The van der Waals surface area contributed by atoms with Gasteiger partial charge in [-0.1, -0.05) is 18.2 Å². The summed E-state index contributed by atoms with van der Waals surface area (Å²) < 4.78 is 22.7. The first-order valence-corrected chi connectivity index (χ1v) is 8.56. The Labute approximate surface area is 121 Å². The Hall–Kier alpha value is -1.17. The molecule has 2 unspecified atom stereocenters. The Morgan fingerprint density at radius 2 is 1.95 bits per heavy atom. The maximum absolute atomic E-state index is 11.4. The molecule has 0 radical (unpaired) electrons. The number of hydrogen-bond acceptors (Lipinski definition) is 4. The van der Waals surface area contributed by atoms with Crippen molar-refractivity contribution in [2.75, 3.05) is 12.8 Å². The topological polar surface area (TPSA) is 66.4 Å². The predicted octanol–water partition coefficient (Wildman–Crippen LogP) is 2.07. The van der Waals surface area contributed by atoms with Crippen molar-refractivity contribution in [2.24, 2.45) is 0 Å². The van der Waals surface area contributed by atoms with Crippen molar-refractivity contribution in [3.05, 3.63) is 42.5 Å². The normalized spacial score (nSPS) is 14.8. The fourth-order valence-electron chi connectivity index (χ4n) is 1.85. The van der Waals surface area contributed by atoms with Gasteiger partial charge in [-0.2, -0.15) is 0 Å². The molecule has 0 fully saturated rings. The first-order valence-electron chi connectivity index (χ1n) is 6.67. The summed E-state index contributed by atoms with van der Waals surface area (Å²) in [6.07, 6.45) is 4.07. The summed E-state index contributed by atoms with van der Waals surface area (Å²) in [5.74, 6) is 0. The number of aliphatic hydroxyl groups is 1. The summed E-state index contributed by atoms with van der Waals surface area (Å²) in [5.41, 5.74) is 0.994. The fraction of sp³-hybridized carbons (Fsp3) is 0.467. The van der Waals surface area contributed by atoms with Crippen molar-refractivity contribution < 1.29 is 13.5 Å². The molecular weight excluding hydrogens is 274 g/mol. The zero-order valence-corrected chi connectivity index (χ0v) is 12.9. The average molecular weight is 297 g/mol. The van der Waals surface area contributed by atoms with Gasteiger partial charge >= 0.3 is 0 Å². The van der Waals surface area contributed by atoms with E-state index >= 15 is 0 Å². The molecule has 2 N–H and O–H groups in total. The van der Waals surface area contributed by atoms with E-state index in [1.165, 1.54) is 6.26 Å². The van der Waals surface area contributed by atoms with Gasteiger partial charge in [0, 0.05) is 18.8 Å². The molecule has 1 aromatic carbocycles. The summed E-state index contributed by atoms with van der Waals surface area (Å²) in [6.45, 7) is 6.11. The van der Waals surface area contributed by atoms with E-state index in [-0.39, 0.29) is 6.04 Å². The quantitative estimate of drug-likeness (QED) is 0.721. The highest BCUT2D eigenvalue weighted by atomic mass is 32.2. The van der Waals surface area contributed by atoms with Gasteiger partial charge in [0.2, 0.25) is 0 Å². The summed E-state index contributed by atoms with van der Waals surface area (Å²) >= 11 is 0. The molecule has 4 nitrogen and oxygen atoms in total. The van der Waals surface area contributed by atoms with Crippen molar-refractivity contribution in [1.82, 2.24) is 5.32 Å². The summed E-state index contributed by atoms with van der Waals surface area (Å²) in [5, 5.41) is 13.0. The van der Waals surface area contributed by atoms with Crippen LogP contribution in [0.25, 0.3) is 0 Å². The maximum Gasteiger partial charge on any atom is 0.175 e. The van der Waals surface area contributed by atoms with Gasteiger partial charge in [-0.25, -0.2) is 8.42 Å². The molecule has 0 aliphatic heterocycles. The van der Waals surface area contributed by atoms with E-state index in [4.69, 9.17) is 0 Å². The van der Waals surface area contributed by atoms with Gasteiger partial charge < -0.3 is 10.4 Å². The van der Waals surface area contributed by atoms with Crippen LogP contribution < -0.4 is 5.32 Å². The second-order valence-corrected chi connectivity index (χ2v) is 7.01. The van der Waals surface area contributed by atoms with E-state index in [1.807, 2.05) is 6.92 Å². The highest BCUT2D eigenvalue weighted by Crippen LogP contribution is 2.16. The van der Waals surface area contributed by atoms with E-state index in [2.05, 4.69) is 11.9 Å². The van der Waals surface area contributed by atoms with Crippen LogP contribution >= 0.6 is 0 Å². The van der Waals surface area contributed by atoms with Crippen molar-refractivity contribution in [1.29, 1.82) is 0 Å². The molecule has 1 rings (SSSR count). The number of hydrogen-bond donors (Lipinski definition) is 2. The van der Waals surface area contributed by atoms with Gasteiger partial charge in [0.25, 0.3) is 0 Å². The van der Waals surface area contributed by atoms with E-state index < -0.39 is 15.9 Å². The maximum atomic E-state index is 11.4. The lowest BCUT2D eigenvalue weighted by molar-refractivity contribution is 0.159. The third-order valence-electron chi connectivity index (χ3n) is 3.17. The van der Waals surface area contributed by atoms with Gasteiger partial charge in [0.1, 0.15) is 0 Å². The van der Waals surface area contributed by atoms with E-state index in [1.54, 1.807) is 30.3 Å². The van der Waals surface area contributed by atoms with Gasteiger partial charge in [-0.3, -0.25) is 0 Å². The first-order chi connectivity index (χ1) is 9.34. The second-order valence-electron chi connectivity index (χ2n) is 4.99. The summed E-state index contributed by atoms with van der Waals surface area (Å²) in [4.78, 5) is 0.319. The van der Waals surface area contributed by atoms with Crippen LogP contribution in [-0.2, 0) is 9.84 Å². The molecule has 1 aromatic rings. The lowest BCUT2D eigenvalue weighted by Gasteiger charge is -2.17. The van der Waals surface area contributed by atoms with Crippen LogP contribution in [0.4, 0.5) is 0 Å². The lowest BCUT2D eigenvalue weighted by atomic mass is 10.1. The fourth-order valence-corrected chi connectivity index (χ4v) is 2.48. The molecule has 0 bridgehead atoms. The predicted molar refractivity (Wildman–Crippen MR) is 81.4 cm³/mol. The Kier molecular flexibility index (Phi) is 6.39. The van der Waals surface area contributed by atoms with Gasteiger partial charge in [-0.15, -0.1) is 6.58 Å². The molecule has 2 atom stereocenters. The largest absolute Gasteiger partial charge is 0.392 e. The number of allylic oxidation sites excluding steroid dienone is 1. The Bertz CT molecular complexity index is 523. The molecular formula is C15H23NO3S. The molecule has 0 aliphatic carbocycles. The van der Waals surface area contributed by atoms with Crippen molar-refractivity contribution in [3.63, 3.8) is 0 Å². The van der Waals surface area contributed by atoms with E-state index in [0.29, 0.717) is 17.9 Å². The monoisotopic (exact) mass is 297 g/mol. The number of sulfone groups is 1. The minimum Gasteiger partial charge on any atom is -0.392 e. The minimum atomic E-state index is -3.15. The molecule has 0 amide bonds. The third kappa shape index (κ3) is 5.45. The van der Waals surface area contributed by atoms with Gasteiger partial charge in [0.15, 0.2) is 9.84 Å². The molecule has 20 heavy (non-hydrogen) atoms. The summed E-state index contributed by atoms with van der Waals surface area (Å²) in [7, 11) is -3.15. The second kappa shape index (κ2) is 7.57. The smallest absolute Gasteiger partial charge is 0.175 e. The molecule has 112 valence electrons. The molecule has 0 saturated heterocycles. The standard InChI is InChI=1S/C15H23NO3S/c1-4-5-6-14(17)11-16-12(2)13-7-9-15(10-8-13)20(3,18)19/h4,7-10,12,14,16-17H,1,5-6,11H2,2-3H3. The number of benzene rings is 1. The lowest BCUT2D eigenvalue weighted by Crippen LogP contribution is -2.29. The summed E-state index contributed by atoms with van der Waals surface area (Å²) in [6, 6.07) is 6.87. The Morgan fingerprint density at radius 3 is 2.45 bits per heavy atom. The van der Waals surface area contributed by atoms with Crippen molar-refractivity contribution in [3.8, 4) is 0 Å². The minimum absolute atomic E-state index is 0.0574. The van der Waals surface area contributed by atoms with E-state index in [0.717, 1.165) is 12.0 Å². The van der Waals surface area contributed by atoms with Gasteiger partial charge in [-0.05, 0) is 37.5 Å². The molecule has 0 spiro atoms. The highest BCUT2D eigenvalue weighted by Gasteiger charge is 2.10. The van der Waals surface area contributed by atoms with Crippen molar-refractivity contribution >= 4 is 9.84 Å². The number of aliphatic hydroxyl groups excluding tert-OH is 1. The Morgan fingerprint density at radius 1 is 1.35 bits per heavy atom. The Balaban J connectivity index is 2.55.